The molecule has 0 radical (unpaired) electrons. The smallest absolute Gasteiger partial charge is 0.214 e. The SMILES string of the molecule is CC1CCC1Nc1ccnc(F)c1. The third kappa shape index (κ3) is 1.79. The van der Waals surface area contributed by atoms with Crippen molar-refractivity contribution in [3.63, 3.8) is 0 Å². The summed E-state index contributed by atoms with van der Waals surface area (Å²) in [6.45, 7) is 2.21. The van der Waals surface area contributed by atoms with Gasteiger partial charge in [0.1, 0.15) is 0 Å². The summed E-state index contributed by atoms with van der Waals surface area (Å²) < 4.78 is 12.7. The molecule has 0 bridgehead atoms. The first-order valence-electron chi connectivity index (χ1n) is 4.64. The van der Waals surface area contributed by atoms with Crippen LogP contribution in [-0.4, -0.2) is 11.0 Å². The lowest BCUT2D eigenvalue weighted by Crippen LogP contribution is -2.36. The monoisotopic (exact) mass is 180 g/mol. The van der Waals surface area contributed by atoms with Crippen LogP contribution in [0.3, 0.4) is 0 Å². The Balaban J connectivity index is 2.01. The van der Waals surface area contributed by atoms with Crippen LogP contribution in [0.1, 0.15) is 19.8 Å². The second kappa shape index (κ2) is 3.32. The first-order valence-corrected chi connectivity index (χ1v) is 4.64. The number of hydrogen-bond donors (Lipinski definition) is 1. The van der Waals surface area contributed by atoms with Gasteiger partial charge in [-0.2, -0.15) is 4.39 Å². The molecule has 2 unspecified atom stereocenters. The zero-order valence-electron chi connectivity index (χ0n) is 7.63. The second-order valence-electron chi connectivity index (χ2n) is 3.67. The molecule has 1 heterocycles. The molecule has 2 rings (SSSR count). The Morgan fingerprint density at radius 2 is 2.38 bits per heavy atom. The molecule has 0 saturated heterocycles. The number of nitrogens with one attached hydrogen (secondary N) is 1. The van der Waals surface area contributed by atoms with Crippen LogP contribution in [0, 0.1) is 11.9 Å². The Kier molecular flexibility index (Phi) is 2.17. The number of hydrogen-bond acceptors (Lipinski definition) is 2. The van der Waals surface area contributed by atoms with E-state index < -0.39 is 5.95 Å². The predicted octanol–water partition coefficient (Wildman–Crippen LogP) is 2.43. The van der Waals surface area contributed by atoms with Crippen molar-refractivity contribution in [3.8, 4) is 0 Å². The molecule has 0 amide bonds. The summed E-state index contributed by atoms with van der Waals surface area (Å²) in [7, 11) is 0. The average molecular weight is 180 g/mol. The Hall–Kier alpha value is -1.12. The summed E-state index contributed by atoms with van der Waals surface area (Å²) in [5.74, 6) is 0.285. The van der Waals surface area contributed by atoms with Gasteiger partial charge in [0.25, 0.3) is 0 Å². The third-order valence-electron chi connectivity index (χ3n) is 2.70. The lowest BCUT2D eigenvalue weighted by Gasteiger charge is -2.35. The molecule has 2 nitrogen and oxygen atoms in total. The quantitative estimate of drug-likeness (QED) is 0.707. The minimum atomic E-state index is -0.419. The highest BCUT2D eigenvalue weighted by Crippen LogP contribution is 2.29. The summed E-state index contributed by atoms with van der Waals surface area (Å²) >= 11 is 0. The Morgan fingerprint density at radius 1 is 1.54 bits per heavy atom. The molecular formula is C10H13FN2. The van der Waals surface area contributed by atoms with E-state index in [1.54, 1.807) is 6.07 Å². The zero-order valence-corrected chi connectivity index (χ0v) is 7.63. The molecule has 2 atom stereocenters. The van der Waals surface area contributed by atoms with E-state index in [9.17, 15) is 4.39 Å². The van der Waals surface area contributed by atoms with E-state index in [0.717, 1.165) is 5.69 Å². The van der Waals surface area contributed by atoms with E-state index in [1.807, 2.05) is 0 Å². The van der Waals surface area contributed by atoms with E-state index in [1.165, 1.54) is 25.1 Å². The molecule has 1 aliphatic rings. The van der Waals surface area contributed by atoms with Crippen LogP contribution in [-0.2, 0) is 0 Å². The largest absolute Gasteiger partial charge is 0.382 e. The summed E-state index contributed by atoms with van der Waals surface area (Å²) in [5.41, 5.74) is 0.837. The molecule has 1 N–H and O–H groups in total. The summed E-state index contributed by atoms with van der Waals surface area (Å²) in [6, 6.07) is 3.75. The number of rotatable bonds is 2. The van der Waals surface area contributed by atoms with Gasteiger partial charge >= 0.3 is 0 Å². The number of nitrogens with zero attached hydrogens (tertiary/aromatic N) is 1. The maximum absolute atomic E-state index is 12.7. The van der Waals surface area contributed by atoms with Gasteiger partial charge in [-0.3, -0.25) is 0 Å². The van der Waals surface area contributed by atoms with Gasteiger partial charge < -0.3 is 5.32 Å². The number of aromatic nitrogens is 1. The standard InChI is InChI=1S/C10H13FN2/c1-7-2-3-9(7)13-8-4-5-12-10(11)6-8/h4-7,9H,2-3H2,1H3,(H,12,13). The predicted molar refractivity (Wildman–Crippen MR) is 50.0 cm³/mol. The van der Waals surface area contributed by atoms with E-state index in [2.05, 4.69) is 17.2 Å². The molecule has 1 fully saturated rings. The minimum absolute atomic E-state index is 0.419. The average Bonchev–Trinajstić information content (AvgIpc) is 2.12. The van der Waals surface area contributed by atoms with Gasteiger partial charge in [0.15, 0.2) is 0 Å². The van der Waals surface area contributed by atoms with Gasteiger partial charge in [-0.25, -0.2) is 4.98 Å². The molecule has 0 aliphatic heterocycles. The van der Waals surface area contributed by atoms with E-state index in [4.69, 9.17) is 0 Å². The fraction of sp³-hybridized carbons (Fsp3) is 0.500. The normalized spacial score (nSPS) is 26.6. The first kappa shape index (κ1) is 8.48. The molecule has 1 aromatic rings. The summed E-state index contributed by atoms with van der Waals surface area (Å²) in [6.07, 6.45) is 3.94. The van der Waals surface area contributed by atoms with Gasteiger partial charge in [-0.05, 0) is 24.8 Å². The third-order valence-corrected chi connectivity index (χ3v) is 2.70. The molecule has 0 aromatic carbocycles. The van der Waals surface area contributed by atoms with Gasteiger partial charge in [-0.15, -0.1) is 0 Å². The fourth-order valence-electron chi connectivity index (χ4n) is 1.59. The van der Waals surface area contributed by atoms with Gasteiger partial charge in [0.05, 0.1) is 0 Å². The molecule has 13 heavy (non-hydrogen) atoms. The van der Waals surface area contributed by atoms with Crippen molar-refractivity contribution in [3.05, 3.63) is 24.3 Å². The lowest BCUT2D eigenvalue weighted by molar-refractivity contribution is 0.303. The highest BCUT2D eigenvalue weighted by atomic mass is 19.1. The maximum atomic E-state index is 12.7. The van der Waals surface area contributed by atoms with Gasteiger partial charge in [0, 0.05) is 24.0 Å². The number of halogens is 1. The maximum Gasteiger partial charge on any atom is 0.214 e. The Labute approximate surface area is 77.2 Å². The molecule has 3 heteroatoms. The summed E-state index contributed by atoms with van der Waals surface area (Å²) in [5, 5.41) is 3.29. The molecule has 0 spiro atoms. The second-order valence-corrected chi connectivity index (χ2v) is 3.67. The number of anilines is 1. The topological polar surface area (TPSA) is 24.9 Å². The first-order chi connectivity index (χ1) is 6.25. The molecule has 70 valence electrons. The highest BCUT2D eigenvalue weighted by Gasteiger charge is 2.26. The van der Waals surface area contributed by atoms with Gasteiger partial charge in [-0.1, -0.05) is 6.92 Å². The van der Waals surface area contributed by atoms with Crippen LogP contribution in [0.25, 0.3) is 0 Å². The van der Waals surface area contributed by atoms with Crippen molar-refractivity contribution in [1.82, 2.24) is 4.98 Å². The van der Waals surface area contributed by atoms with Gasteiger partial charge in [0.2, 0.25) is 5.95 Å². The highest BCUT2D eigenvalue weighted by molar-refractivity contribution is 5.42. The van der Waals surface area contributed by atoms with Crippen LogP contribution in [0.4, 0.5) is 10.1 Å². The summed E-state index contributed by atoms with van der Waals surface area (Å²) in [4.78, 5) is 3.50. The molecule has 1 saturated carbocycles. The van der Waals surface area contributed by atoms with Crippen molar-refractivity contribution in [2.75, 3.05) is 5.32 Å². The lowest BCUT2D eigenvalue weighted by atomic mass is 9.81. The van der Waals surface area contributed by atoms with Crippen LogP contribution in [0.15, 0.2) is 18.3 Å². The number of pyridine rings is 1. The van der Waals surface area contributed by atoms with Crippen molar-refractivity contribution in [2.45, 2.75) is 25.8 Å². The van der Waals surface area contributed by atoms with Crippen LogP contribution in [0.2, 0.25) is 0 Å². The Morgan fingerprint density at radius 3 is 2.92 bits per heavy atom. The fourth-order valence-corrected chi connectivity index (χ4v) is 1.59. The minimum Gasteiger partial charge on any atom is -0.382 e. The molecular weight excluding hydrogens is 167 g/mol. The Bertz CT molecular complexity index is 301. The van der Waals surface area contributed by atoms with Crippen molar-refractivity contribution < 1.29 is 4.39 Å². The van der Waals surface area contributed by atoms with Crippen LogP contribution in [0.5, 0.6) is 0 Å². The molecule has 1 aromatic heterocycles. The van der Waals surface area contributed by atoms with E-state index in [0.29, 0.717) is 12.0 Å². The van der Waals surface area contributed by atoms with E-state index >= 15 is 0 Å². The van der Waals surface area contributed by atoms with Crippen LogP contribution >= 0.6 is 0 Å². The van der Waals surface area contributed by atoms with Crippen molar-refractivity contribution in [2.24, 2.45) is 5.92 Å². The van der Waals surface area contributed by atoms with Crippen LogP contribution < -0.4 is 5.32 Å². The van der Waals surface area contributed by atoms with E-state index in [-0.39, 0.29) is 0 Å². The van der Waals surface area contributed by atoms with Crippen molar-refractivity contribution >= 4 is 5.69 Å². The van der Waals surface area contributed by atoms with Crippen molar-refractivity contribution in [1.29, 1.82) is 0 Å². The zero-order chi connectivity index (χ0) is 9.26. The molecule has 1 aliphatic carbocycles.